The number of benzene rings is 1. The number of anilines is 1. The average molecular weight is 234 g/mol. The maximum absolute atomic E-state index is 11.8. The Hall–Kier alpha value is -1.75. The van der Waals surface area contributed by atoms with Gasteiger partial charge in [0.2, 0.25) is 0 Å². The highest BCUT2D eigenvalue weighted by Crippen LogP contribution is 2.35. The van der Waals surface area contributed by atoms with Gasteiger partial charge in [-0.25, -0.2) is 4.79 Å². The van der Waals surface area contributed by atoms with E-state index in [2.05, 4.69) is 5.32 Å². The molecule has 0 aliphatic carbocycles. The first-order valence-corrected chi connectivity index (χ1v) is 5.68. The van der Waals surface area contributed by atoms with Crippen molar-refractivity contribution >= 4 is 11.8 Å². The van der Waals surface area contributed by atoms with Gasteiger partial charge in [0, 0.05) is 12.2 Å². The van der Waals surface area contributed by atoms with E-state index >= 15 is 0 Å². The van der Waals surface area contributed by atoms with Crippen LogP contribution < -0.4 is 10.2 Å². The number of ether oxygens (including phenoxy) is 1. The van der Waals surface area contributed by atoms with E-state index in [0.29, 0.717) is 6.61 Å². The Balaban J connectivity index is 1.98. The average Bonchev–Trinajstić information content (AvgIpc) is 2.91. The molecule has 0 bridgehead atoms. The second-order valence-corrected chi connectivity index (χ2v) is 4.56. The molecule has 90 valence electrons. The molecule has 2 N–H and O–H groups in total. The van der Waals surface area contributed by atoms with Gasteiger partial charge in [-0.3, -0.25) is 4.90 Å². The van der Waals surface area contributed by atoms with E-state index in [1.807, 2.05) is 0 Å². The fourth-order valence-electron chi connectivity index (χ4n) is 2.54. The molecule has 1 unspecified atom stereocenters. The van der Waals surface area contributed by atoms with Crippen LogP contribution in [0.4, 0.5) is 10.5 Å². The normalized spacial score (nSPS) is 27.8. The number of cyclic esters (lactones) is 1. The van der Waals surface area contributed by atoms with Gasteiger partial charge in [0.15, 0.2) is 0 Å². The number of nitrogens with one attached hydrogen (secondary N) is 1. The predicted octanol–water partition coefficient (Wildman–Crippen LogP) is 1.08. The number of aromatic hydroxyl groups is 1. The van der Waals surface area contributed by atoms with Gasteiger partial charge in [-0.2, -0.15) is 0 Å². The third-order valence-corrected chi connectivity index (χ3v) is 3.45. The fraction of sp³-hybridized carbons (Fsp3) is 0.417. The van der Waals surface area contributed by atoms with Gasteiger partial charge in [0.05, 0.1) is 5.54 Å². The predicted molar refractivity (Wildman–Crippen MR) is 62.2 cm³/mol. The first-order valence-electron chi connectivity index (χ1n) is 5.68. The number of rotatable bonds is 1. The molecule has 5 heteroatoms. The van der Waals surface area contributed by atoms with Crippen LogP contribution in [0.25, 0.3) is 0 Å². The molecule has 1 aromatic rings. The SMILES string of the molecule is O=C1OCC2(CCNC2)N1c1ccc(O)cc1. The molecular formula is C12H14N2O3. The maximum Gasteiger partial charge on any atom is 0.415 e. The van der Waals surface area contributed by atoms with Gasteiger partial charge in [0.1, 0.15) is 12.4 Å². The molecule has 1 aromatic carbocycles. The molecule has 2 fully saturated rings. The van der Waals surface area contributed by atoms with Crippen LogP contribution in [-0.4, -0.2) is 36.4 Å². The Morgan fingerprint density at radius 1 is 1.35 bits per heavy atom. The summed E-state index contributed by atoms with van der Waals surface area (Å²) in [6.07, 6.45) is 0.582. The van der Waals surface area contributed by atoms with E-state index in [1.54, 1.807) is 29.2 Å². The number of hydrogen-bond donors (Lipinski definition) is 2. The lowest BCUT2D eigenvalue weighted by molar-refractivity contribution is 0.174. The van der Waals surface area contributed by atoms with E-state index in [0.717, 1.165) is 25.2 Å². The van der Waals surface area contributed by atoms with Gasteiger partial charge < -0.3 is 15.2 Å². The summed E-state index contributed by atoms with van der Waals surface area (Å²) in [6, 6.07) is 6.64. The number of carbonyl (C=O) groups excluding carboxylic acids is 1. The summed E-state index contributed by atoms with van der Waals surface area (Å²) in [5, 5.41) is 12.5. The van der Waals surface area contributed by atoms with Crippen molar-refractivity contribution in [3.8, 4) is 5.75 Å². The van der Waals surface area contributed by atoms with Crippen LogP contribution in [0.1, 0.15) is 6.42 Å². The first kappa shape index (κ1) is 10.4. The number of amides is 1. The number of phenols is 1. The molecule has 1 spiro atoms. The summed E-state index contributed by atoms with van der Waals surface area (Å²) in [7, 11) is 0. The van der Waals surface area contributed by atoms with E-state index in [1.165, 1.54) is 0 Å². The van der Waals surface area contributed by atoms with Gasteiger partial charge in [-0.1, -0.05) is 0 Å². The van der Waals surface area contributed by atoms with Crippen molar-refractivity contribution in [3.63, 3.8) is 0 Å². The molecule has 2 heterocycles. The van der Waals surface area contributed by atoms with Crippen molar-refractivity contribution in [2.75, 3.05) is 24.6 Å². The molecule has 17 heavy (non-hydrogen) atoms. The number of phenolic OH excluding ortho intramolecular Hbond substituents is 1. The van der Waals surface area contributed by atoms with Crippen molar-refractivity contribution in [2.45, 2.75) is 12.0 Å². The van der Waals surface area contributed by atoms with Gasteiger partial charge in [-0.15, -0.1) is 0 Å². The van der Waals surface area contributed by atoms with E-state index in [-0.39, 0.29) is 17.4 Å². The van der Waals surface area contributed by atoms with Crippen LogP contribution in [0.15, 0.2) is 24.3 Å². The highest BCUT2D eigenvalue weighted by Gasteiger charge is 2.49. The van der Waals surface area contributed by atoms with Crippen LogP contribution in [0.3, 0.4) is 0 Å². The number of carbonyl (C=O) groups is 1. The lowest BCUT2D eigenvalue weighted by atomic mass is 9.98. The van der Waals surface area contributed by atoms with Crippen LogP contribution in [0.5, 0.6) is 5.75 Å². The Labute approximate surface area is 99.0 Å². The van der Waals surface area contributed by atoms with Crippen molar-refractivity contribution < 1.29 is 14.6 Å². The lowest BCUT2D eigenvalue weighted by Crippen LogP contribution is -2.49. The van der Waals surface area contributed by atoms with Crippen molar-refractivity contribution in [3.05, 3.63) is 24.3 Å². The summed E-state index contributed by atoms with van der Waals surface area (Å²) in [5.41, 5.74) is 0.516. The minimum absolute atomic E-state index is 0.194. The molecule has 2 saturated heterocycles. The Bertz CT molecular complexity index is 438. The molecule has 2 aliphatic rings. The van der Waals surface area contributed by atoms with Crippen molar-refractivity contribution in [2.24, 2.45) is 0 Å². The van der Waals surface area contributed by atoms with Crippen molar-refractivity contribution in [1.82, 2.24) is 5.32 Å². The molecule has 0 aromatic heterocycles. The van der Waals surface area contributed by atoms with E-state index in [4.69, 9.17) is 4.74 Å². The summed E-state index contributed by atoms with van der Waals surface area (Å²) in [5.74, 6) is 0.194. The zero-order valence-electron chi connectivity index (χ0n) is 9.35. The Morgan fingerprint density at radius 3 is 2.76 bits per heavy atom. The minimum atomic E-state index is -0.306. The molecule has 5 nitrogen and oxygen atoms in total. The monoisotopic (exact) mass is 234 g/mol. The summed E-state index contributed by atoms with van der Waals surface area (Å²) < 4.78 is 5.17. The molecule has 1 amide bonds. The van der Waals surface area contributed by atoms with Crippen LogP contribution in [-0.2, 0) is 4.74 Å². The zero-order chi connectivity index (χ0) is 11.9. The smallest absolute Gasteiger partial charge is 0.415 e. The molecule has 3 rings (SSSR count). The number of hydrogen-bond acceptors (Lipinski definition) is 4. The Morgan fingerprint density at radius 2 is 2.12 bits per heavy atom. The lowest BCUT2D eigenvalue weighted by Gasteiger charge is -2.30. The second-order valence-electron chi connectivity index (χ2n) is 4.56. The number of nitrogens with zero attached hydrogens (tertiary/aromatic N) is 1. The van der Waals surface area contributed by atoms with Crippen LogP contribution >= 0.6 is 0 Å². The zero-order valence-corrected chi connectivity index (χ0v) is 9.35. The minimum Gasteiger partial charge on any atom is -0.508 e. The molecule has 1 atom stereocenters. The molecular weight excluding hydrogens is 220 g/mol. The van der Waals surface area contributed by atoms with Gasteiger partial charge >= 0.3 is 6.09 Å². The van der Waals surface area contributed by atoms with Crippen molar-refractivity contribution in [1.29, 1.82) is 0 Å². The highest BCUT2D eigenvalue weighted by atomic mass is 16.6. The van der Waals surface area contributed by atoms with Gasteiger partial charge in [-0.05, 0) is 37.2 Å². The topological polar surface area (TPSA) is 61.8 Å². The third kappa shape index (κ3) is 1.54. The standard InChI is InChI=1S/C12H14N2O3/c15-10-3-1-9(2-4-10)14-11(16)17-8-12(14)5-6-13-7-12/h1-4,13,15H,5-8H2. The Kier molecular flexibility index (Phi) is 2.22. The fourth-order valence-corrected chi connectivity index (χ4v) is 2.54. The second kappa shape index (κ2) is 3.63. The van der Waals surface area contributed by atoms with Crippen LogP contribution in [0.2, 0.25) is 0 Å². The molecule has 0 radical (unpaired) electrons. The maximum atomic E-state index is 11.8. The largest absolute Gasteiger partial charge is 0.508 e. The highest BCUT2D eigenvalue weighted by molar-refractivity contribution is 5.91. The van der Waals surface area contributed by atoms with Crippen LogP contribution in [0, 0.1) is 0 Å². The quantitative estimate of drug-likeness (QED) is 0.763. The first-order chi connectivity index (χ1) is 8.21. The summed E-state index contributed by atoms with van der Waals surface area (Å²) in [6.45, 7) is 2.07. The summed E-state index contributed by atoms with van der Waals surface area (Å²) >= 11 is 0. The summed E-state index contributed by atoms with van der Waals surface area (Å²) in [4.78, 5) is 13.5. The van der Waals surface area contributed by atoms with E-state index in [9.17, 15) is 9.90 Å². The van der Waals surface area contributed by atoms with E-state index < -0.39 is 0 Å². The van der Waals surface area contributed by atoms with Gasteiger partial charge in [0.25, 0.3) is 0 Å². The third-order valence-electron chi connectivity index (χ3n) is 3.45. The molecule has 0 saturated carbocycles. The molecule has 2 aliphatic heterocycles.